The number of amides is 1. The molecule has 2 N–H and O–H groups in total. The molecule has 2 aromatic carbocycles. The molecule has 1 aromatic heterocycles. The Balaban J connectivity index is 0.00000256. The van der Waals surface area contributed by atoms with Crippen LogP contribution in [0.25, 0.3) is 5.69 Å². The monoisotopic (exact) mass is 432 g/mol. The van der Waals surface area contributed by atoms with Gasteiger partial charge in [0.1, 0.15) is 11.6 Å². The lowest BCUT2D eigenvalue weighted by atomic mass is 9.99. The van der Waals surface area contributed by atoms with E-state index in [-0.39, 0.29) is 35.6 Å². The Morgan fingerprint density at radius 3 is 2.60 bits per heavy atom. The number of anilines is 1. The summed E-state index contributed by atoms with van der Waals surface area (Å²) in [5.41, 5.74) is 3.42. The smallest absolute Gasteiger partial charge is 0.259 e. The molecule has 1 aliphatic rings. The van der Waals surface area contributed by atoms with Crippen molar-refractivity contribution in [3.05, 3.63) is 76.6 Å². The van der Waals surface area contributed by atoms with Gasteiger partial charge in [-0.2, -0.15) is 5.10 Å². The molecule has 4 rings (SSSR count). The van der Waals surface area contributed by atoms with Crippen LogP contribution in [0.2, 0.25) is 0 Å². The number of aromatic nitrogens is 2. The normalized spacial score (nSPS) is 13.0. The Morgan fingerprint density at radius 2 is 1.90 bits per heavy atom. The molecule has 1 aliphatic heterocycles. The molecule has 0 unspecified atom stereocenters. The van der Waals surface area contributed by atoms with Gasteiger partial charge in [-0.1, -0.05) is 19.9 Å². The number of rotatable bonds is 4. The molecule has 1 amide bonds. The maximum absolute atomic E-state index is 14.9. The molecular formula is C22H23ClF2N4O. The maximum Gasteiger partial charge on any atom is 0.259 e. The third kappa shape index (κ3) is 4.08. The fourth-order valence-corrected chi connectivity index (χ4v) is 3.70. The van der Waals surface area contributed by atoms with Crippen LogP contribution in [-0.4, -0.2) is 22.2 Å². The van der Waals surface area contributed by atoms with Crippen LogP contribution in [-0.2, 0) is 13.0 Å². The van der Waals surface area contributed by atoms with E-state index in [0.29, 0.717) is 42.0 Å². The lowest BCUT2D eigenvalue weighted by Gasteiger charge is -2.19. The number of halogens is 3. The van der Waals surface area contributed by atoms with Gasteiger partial charge in [0.05, 0.1) is 28.8 Å². The average Bonchev–Trinajstić information content (AvgIpc) is 3.16. The molecule has 5 nitrogen and oxygen atoms in total. The first kappa shape index (κ1) is 21.9. The second kappa shape index (κ2) is 8.93. The molecule has 0 saturated heterocycles. The van der Waals surface area contributed by atoms with Gasteiger partial charge in [-0.05, 0) is 60.3 Å². The SMILES string of the molecule is CC(C)c1c(C(=O)Nc2ccc3c(c2F)CCNC3)cnn1-c1ccc(F)cc1.Cl. The van der Waals surface area contributed by atoms with Gasteiger partial charge < -0.3 is 10.6 Å². The number of nitrogens with zero attached hydrogens (tertiary/aromatic N) is 2. The van der Waals surface area contributed by atoms with Gasteiger partial charge >= 0.3 is 0 Å². The molecule has 158 valence electrons. The minimum atomic E-state index is -0.421. The van der Waals surface area contributed by atoms with Crippen LogP contribution in [0.3, 0.4) is 0 Å². The van der Waals surface area contributed by atoms with Crippen LogP contribution in [0, 0.1) is 11.6 Å². The summed E-state index contributed by atoms with van der Waals surface area (Å²) in [6.45, 7) is 5.23. The average molecular weight is 433 g/mol. The highest BCUT2D eigenvalue weighted by Gasteiger charge is 2.23. The van der Waals surface area contributed by atoms with Crippen LogP contribution in [0.4, 0.5) is 14.5 Å². The fraction of sp³-hybridized carbons (Fsp3) is 0.273. The van der Waals surface area contributed by atoms with E-state index in [1.165, 1.54) is 18.3 Å². The Hall–Kier alpha value is -2.77. The molecule has 0 saturated carbocycles. The van der Waals surface area contributed by atoms with Crippen molar-refractivity contribution in [2.75, 3.05) is 11.9 Å². The topological polar surface area (TPSA) is 59.0 Å². The molecule has 0 bridgehead atoms. The van der Waals surface area contributed by atoms with E-state index in [0.717, 1.165) is 5.56 Å². The molecule has 0 spiro atoms. The number of carbonyl (C=O) groups excluding carboxylic acids is 1. The standard InChI is InChI=1S/C22H22F2N4O.ClH/c1-13(2)21-18(12-26-28(21)16-6-4-15(23)5-7-16)22(29)27-19-8-3-14-11-25-10-9-17(14)20(19)24;/h3-8,12-13,25H,9-11H2,1-2H3,(H,27,29);1H. The zero-order chi connectivity index (χ0) is 20.5. The van der Waals surface area contributed by atoms with Crippen molar-refractivity contribution in [3.8, 4) is 5.69 Å². The second-order valence-electron chi connectivity index (χ2n) is 7.43. The molecule has 0 fully saturated rings. The zero-order valence-corrected chi connectivity index (χ0v) is 17.5. The Bertz CT molecular complexity index is 1060. The van der Waals surface area contributed by atoms with Crippen molar-refractivity contribution in [1.29, 1.82) is 0 Å². The van der Waals surface area contributed by atoms with Gasteiger partial charge in [-0.25, -0.2) is 13.5 Å². The number of carbonyl (C=O) groups is 1. The predicted molar refractivity (Wildman–Crippen MR) is 115 cm³/mol. The van der Waals surface area contributed by atoms with Gasteiger partial charge in [0, 0.05) is 6.54 Å². The predicted octanol–water partition coefficient (Wildman–Crippen LogP) is 4.59. The largest absolute Gasteiger partial charge is 0.319 e. The summed E-state index contributed by atoms with van der Waals surface area (Å²) in [6, 6.07) is 9.33. The van der Waals surface area contributed by atoms with Gasteiger partial charge in [0.25, 0.3) is 5.91 Å². The molecule has 0 atom stereocenters. The minimum absolute atomic E-state index is 0. The molecule has 0 radical (unpaired) electrons. The summed E-state index contributed by atoms with van der Waals surface area (Å²) >= 11 is 0. The number of hydrogen-bond acceptors (Lipinski definition) is 3. The number of nitrogens with one attached hydrogen (secondary N) is 2. The number of fused-ring (bicyclic) bond motifs is 1. The van der Waals surface area contributed by atoms with Crippen LogP contribution in [0.5, 0.6) is 0 Å². The first-order valence-corrected chi connectivity index (χ1v) is 9.62. The van der Waals surface area contributed by atoms with E-state index in [4.69, 9.17) is 0 Å². The van der Waals surface area contributed by atoms with Crippen LogP contribution < -0.4 is 10.6 Å². The maximum atomic E-state index is 14.9. The van der Waals surface area contributed by atoms with E-state index in [9.17, 15) is 13.6 Å². The van der Waals surface area contributed by atoms with Gasteiger partial charge in [-0.3, -0.25) is 4.79 Å². The van der Waals surface area contributed by atoms with Crippen molar-refractivity contribution in [1.82, 2.24) is 15.1 Å². The molecule has 8 heteroatoms. The zero-order valence-electron chi connectivity index (χ0n) is 16.7. The Morgan fingerprint density at radius 1 is 1.17 bits per heavy atom. The number of benzene rings is 2. The summed E-state index contributed by atoms with van der Waals surface area (Å²) in [4.78, 5) is 13.0. The highest BCUT2D eigenvalue weighted by Crippen LogP contribution is 2.27. The molecular weight excluding hydrogens is 410 g/mol. The molecule has 3 aromatic rings. The van der Waals surface area contributed by atoms with Gasteiger partial charge in [-0.15, -0.1) is 12.4 Å². The Labute approximate surface area is 179 Å². The van der Waals surface area contributed by atoms with Crippen molar-refractivity contribution in [2.24, 2.45) is 0 Å². The van der Waals surface area contributed by atoms with Crippen molar-refractivity contribution in [2.45, 2.75) is 32.7 Å². The third-order valence-corrected chi connectivity index (χ3v) is 5.12. The summed E-state index contributed by atoms with van der Waals surface area (Å²) in [6.07, 6.45) is 2.05. The fourth-order valence-electron chi connectivity index (χ4n) is 3.70. The number of hydrogen-bond donors (Lipinski definition) is 2. The van der Waals surface area contributed by atoms with Crippen molar-refractivity contribution < 1.29 is 13.6 Å². The van der Waals surface area contributed by atoms with Crippen LogP contribution in [0.1, 0.15) is 46.9 Å². The van der Waals surface area contributed by atoms with E-state index in [1.54, 1.807) is 22.9 Å². The lowest BCUT2D eigenvalue weighted by Crippen LogP contribution is -2.25. The minimum Gasteiger partial charge on any atom is -0.319 e. The van der Waals surface area contributed by atoms with Gasteiger partial charge in [0.15, 0.2) is 0 Å². The van der Waals surface area contributed by atoms with E-state index in [1.807, 2.05) is 19.9 Å². The summed E-state index contributed by atoms with van der Waals surface area (Å²) in [7, 11) is 0. The van der Waals surface area contributed by atoms with Crippen molar-refractivity contribution in [3.63, 3.8) is 0 Å². The molecule has 2 heterocycles. The molecule has 30 heavy (non-hydrogen) atoms. The third-order valence-electron chi connectivity index (χ3n) is 5.12. The summed E-state index contributed by atoms with van der Waals surface area (Å²) < 4.78 is 29.8. The highest BCUT2D eigenvalue weighted by molar-refractivity contribution is 6.05. The first-order valence-electron chi connectivity index (χ1n) is 9.62. The van der Waals surface area contributed by atoms with E-state index >= 15 is 0 Å². The molecule has 0 aliphatic carbocycles. The highest BCUT2D eigenvalue weighted by atomic mass is 35.5. The lowest BCUT2D eigenvalue weighted by molar-refractivity contribution is 0.102. The van der Waals surface area contributed by atoms with Crippen LogP contribution in [0.15, 0.2) is 42.6 Å². The summed E-state index contributed by atoms with van der Waals surface area (Å²) in [5, 5.41) is 10.2. The summed E-state index contributed by atoms with van der Waals surface area (Å²) in [5.74, 6) is -1.17. The Kier molecular flexibility index (Phi) is 6.53. The van der Waals surface area contributed by atoms with Crippen LogP contribution >= 0.6 is 12.4 Å². The van der Waals surface area contributed by atoms with E-state index < -0.39 is 5.91 Å². The van der Waals surface area contributed by atoms with Gasteiger partial charge in [0.2, 0.25) is 0 Å². The second-order valence-corrected chi connectivity index (χ2v) is 7.43. The first-order chi connectivity index (χ1) is 14.0. The van der Waals surface area contributed by atoms with Crippen molar-refractivity contribution >= 4 is 24.0 Å². The van der Waals surface area contributed by atoms with E-state index in [2.05, 4.69) is 15.7 Å². The quantitative estimate of drug-likeness (QED) is 0.633.